The predicted octanol–water partition coefficient (Wildman–Crippen LogP) is 3.08. The van der Waals surface area contributed by atoms with Gasteiger partial charge in [-0.2, -0.15) is 0 Å². The summed E-state index contributed by atoms with van der Waals surface area (Å²) in [6.45, 7) is 8.96. The summed E-state index contributed by atoms with van der Waals surface area (Å²) < 4.78 is 0. The topological polar surface area (TPSA) is 45.1 Å². The number of thiazole rings is 1. The molecule has 2 N–H and O–H groups in total. The van der Waals surface area contributed by atoms with Gasteiger partial charge in [-0.15, -0.1) is 11.3 Å². The number of aliphatic hydroxyl groups is 1. The van der Waals surface area contributed by atoms with E-state index in [0.29, 0.717) is 0 Å². The lowest BCUT2D eigenvalue weighted by Gasteiger charge is -2.27. The molecule has 4 heteroatoms. The molecule has 0 aliphatic heterocycles. The molecule has 2 rings (SSSR count). The van der Waals surface area contributed by atoms with Crippen LogP contribution in [0, 0.1) is 5.41 Å². The van der Waals surface area contributed by atoms with Gasteiger partial charge in [0, 0.05) is 10.9 Å². The van der Waals surface area contributed by atoms with E-state index in [9.17, 15) is 5.11 Å². The van der Waals surface area contributed by atoms with Crippen molar-refractivity contribution in [1.29, 1.82) is 0 Å². The third-order valence-electron chi connectivity index (χ3n) is 3.55. The number of aliphatic hydroxyl groups excluding tert-OH is 1. The minimum absolute atomic E-state index is 0.147. The van der Waals surface area contributed by atoms with Crippen LogP contribution in [0.25, 0.3) is 0 Å². The molecule has 1 heterocycles. The van der Waals surface area contributed by atoms with Gasteiger partial charge in [0.2, 0.25) is 0 Å². The van der Waals surface area contributed by atoms with E-state index in [4.69, 9.17) is 4.98 Å². The summed E-state index contributed by atoms with van der Waals surface area (Å²) in [5.41, 5.74) is 1.54. The van der Waals surface area contributed by atoms with Gasteiger partial charge in [-0.05, 0) is 38.0 Å². The SMILES string of the molecule is CC(NC(CO)CC(C)(C)C)c1nc2c(s1)CCC2. The molecule has 2 unspecified atom stereocenters. The molecule has 0 radical (unpaired) electrons. The van der Waals surface area contributed by atoms with Gasteiger partial charge in [-0.1, -0.05) is 20.8 Å². The fourth-order valence-electron chi connectivity index (χ4n) is 2.74. The van der Waals surface area contributed by atoms with Gasteiger partial charge in [0.1, 0.15) is 5.01 Å². The first-order chi connectivity index (χ1) is 8.89. The lowest BCUT2D eigenvalue weighted by atomic mass is 9.88. The number of fused-ring (bicyclic) bond motifs is 1. The molecule has 0 aromatic carbocycles. The Kier molecular flexibility index (Phi) is 4.64. The molecule has 0 bridgehead atoms. The van der Waals surface area contributed by atoms with E-state index < -0.39 is 0 Å². The van der Waals surface area contributed by atoms with Gasteiger partial charge in [0.15, 0.2) is 0 Å². The number of aryl methyl sites for hydroxylation is 2. The number of aromatic nitrogens is 1. The Labute approximate surface area is 120 Å². The monoisotopic (exact) mass is 282 g/mol. The summed E-state index contributed by atoms with van der Waals surface area (Å²) in [5.74, 6) is 0. The van der Waals surface area contributed by atoms with Crippen molar-refractivity contribution in [3.05, 3.63) is 15.6 Å². The van der Waals surface area contributed by atoms with Crippen LogP contribution in [-0.4, -0.2) is 22.7 Å². The summed E-state index contributed by atoms with van der Waals surface area (Å²) in [4.78, 5) is 6.22. The number of rotatable bonds is 5. The highest BCUT2D eigenvalue weighted by molar-refractivity contribution is 7.11. The molecular formula is C15H26N2OS. The zero-order valence-corrected chi connectivity index (χ0v) is 13.3. The van der Waals surface area contributed by atoms with Crippen LogP contribution < -0.4 is 5.32 Å². The van der Waals surface area contributed by atoms with E-state index >= 15 is 0 Å². The molecule has 19 heavy (non-hydrogen) atoms. The van der Waals surface area contributed by atoms with Crippen molar-refractivity contribution in [1.82, 2.24) is 10.3 Å². The molecule has 0 saturated carbocycles. The van der Waals surface area contributed by atoms with Crippen LogP contribution in [0.5, 0.6) is 0 Å². The second kappa shape index (κ2) is 5.90. The van der Waals surface area contributed by atoms with E-state index in [1.54, 1.807) is 0 Å². The van der Waals surface area contributed by atoms with Gasteiger partial charge in [-0.3, -0.25) is 0 Å². The van der Waals surface area contributed by atoms with Crippen molar-refractivity contribution in [3.8, 4) is 0 Å². The van der Waals surface area contributed by atoms with Crippen molar-refractivity contribution >= 4 is 11.3 Å². The first kappa shape index (κ1) is 14.9. The lowest BCUT2D eigenvalue weighted by Crippen LogP contribution is -2.37. The Morgan fingerprint density at radius 2 is 2.11 bits per heavy atom. The molecular weight excluding hydrogens is 256 g/mol. The molecule has 1 aromatic heterocycles. The first-order valence-corrected chi connectivity index (χ1v) is 8.06. The van der Waals surface area contributed by atoms with Crippen LogP contribution >= 0.6 is 11.3 Å². The average molecular weight is 282 g/mol. The van der Waals surface area contributed by atoms with E-state index in [1.807, 2.05) is 11.3 Å². The summed E-state index contributed by atoms with van der Waals surface area (Å²) in [7, 11) is 0. The van der Waals surface area contributed by atoms with E-state index in [0.717, 1.165) is 12.8 Å². The molecule has 0 amide bonds. The lowest BCUT2D eigenvalue weighted by molar-refractivity contribution is 0.190. The Morgan fingerprint density at radius 3 is 2.68 bits per heavy atom. The average Bonchev–Trinajstić information content (AvgIpc) is 2.85. The second-order valence-corrected chi connectivity index (χ2v) is 7.92. The predicted molar refractivity (Wildman–Crippen MR) is 80.6 cm³/mol. The molecule has 1 aliphatic rings. The van der Waals surface area contributed by atoms with Crippen LogP contribution in [0.2, 0.25) is 0 Å². The number of hydrogen-bond donors (Lipinski definition) is 2. The highest BCUT2D eigenvalue weighted by Gasteiger charge is 2.23. The molecule has 0 fully saturated rings. The highest BCUT2D eigenvalue weighted by Crippen LogP contribution is 2.31. The molecule has 108 valence electrons. The Balaban J connectivity index is 1.96. The third kappa shape index (κ3) is 4.01. The fraction of sp³-hybridized carbons (Fsp3) is 0.800. The second-order valence-electron chi connectivity index (χ2n) is 6.81. The standard InChI is InChI=1S/C15H26N2OS/c1-10(16-11(9-18)8-15(2,3)4)14-17-12-6-5-7-13(12)19-14/h10-11,16,18H,5-9H2,1-4H3. The maximum absolute atomic E-state index is 9.52. The zero-order valence-electron chi connectivity index (χ0n) is 12.5. The first-order valence-electron chi connectivity index (χ1n) is 7.24. The third-order valence-corrected chi connectivity index (χ3v) is 4.89. The molecule has 1 aromatic rings. The molecule has 3 nitrogen and oxygen atoms in total. The van der Waals surface area contributed by atoms with Gasteiger partial charge in [0.05, 0.1) is 18.3 Å². The van der Waals surface area contributed by atoms with Crippen molar-refractivity contribution in [2.75, 3.05) is 6.61 Å². The molecule has 0 saturated heterocycles. The Hall–Kier alpha value is -0.450. The molecule has 2 atom stereocenters. The maximum atomic E-state index is 9.52. The maximum Gasteiger partial charge on any atom is 0.110 e. The largest absolute Gasteiger partial charge is 0.395 e. The van der Waals surface area contributed by atoms with Gasteiger partial charge in [0.25, 0.3) is 0 Å². The van der Waals surface area contributed by atoms with Gasteiger partial charge >= 0.3 is 0 Å². The van der Waals surface area contributed by atoms with Crippen molar-refractivity contribution in [3.63, 3.8) is 0 Å². The summed E-state index contributed by atoms with van der Waals surface area (Å²) in [6.07, 6.45) is 4.58. The number of nitrogens with zero attached hydrogens (tertiary/aromatic N) is 1. The van der Waals surface area contributed by atoms with Crippen LogP contribution in [-0.2, 0) is 12.8 Å². The zero-order chi connectivity index (χ0) is 14.0. The van der Waals surface area contributed by atoms with Crippen molar-refractivity contribution < 1.29 is 5.11 Å². The highest BCUT2D eigenvalue weighted by atomic mass is 32.1. The molecule has 1 aliphatic carbocycles. The van der Waals surface area contributed by atoms with E-state index in [1.165, 1.54) is 28.4 Å². The Morgan fingerprint density at radius 1 is 1.37 bits per heavy atom. The van der Waals surface area contributed by atoms with Crippen LogP contribution in [0.1, 0.15) is 62.2 Å². The van der Waals surface area contributed by atoms with Crippen molar-refractivity contribution in [2.24, 2.45) is 5.41 Å². The summed E-state index contributed by atoms with van der Waals surface area (Å²) >= 11 is 1.85. The normalized spacial score (nSPS) is 18.4. The minimum atomic E-state index is 0.147. The van der Waals surface area contributed by atoms with Crippen LogP contribution in [0.3, 0.4) is 0 Å². The van der Waals surface area contributed by atoms with Gasteiger partial charge < -0.3 is 10.4 Å². The quantitative estimate of drug-likeness (QED) is 0.872. The minimum Gasteiger partial charge on any atom is -0.395 e. The van der Waals surface area contributed by atoms with Gasteiger partial charge in [-0.25, -0.2) is 4.98 Å². The summed E-state index contributed by atoms with van der Waals surface area (Å²) in [5, 5.41) is 14.2. The van der Waals surface area contributed by atoms with Crippen LogP contribution in [0.4, 0.5) is 0 Å². The summed E-state index contributed by atoms with van der Waals surface area (Å²) in [6, 6.07) is 0.379. The smallest absolute Gasteiger partial charge is 0.110 e. The fourth-order valence-corrected chi connectivity index (χ4v) is 3.90. The van der Waals surface area contributed by atoms with Crippen molar-refractivity contribution in [2.45, 2.75) is 65.5 Å². The number of nitrogens with one attached hydrogen (secondary N) is 1. The Bertz CT molecular complexity index is 401. The van der Waals surface area contributed by atoms with E-state index in [-0.39, 0.29) is 24.1 Å². The number of hydrogen-bond acceptors (Lipinski definition) is 4. The molecule has 0 spiro atoms. The van der Waals surface area contributed by atoms with Crippen LogP contribution in [0.15, 0.2) is 0 Å². The van der Waals surface area contributed by atoms with E-state index in [2.05, 4.69) is 33.0 Å².